The average Bonchev–Trinajstić information content (AvgIpc) is 2.53. The number of carbonyl (C=O) groups excluding carboxylic acids is 1. The standard InChI is InChI=1S/C14H20N4O3/c1-3-11-8-21-9(2)7-18(11)14(19)12-5-4-10(6-16-12)13(15)17-20/h4-6,9,11,20H,3,7-8H2,1-2H3,(H2,15,17). The van der Waals surface area contributed by atoms with E-state index in [1.165, 1.54) is 6.20 Å². The van der Waals surface area contributed by atoms with Crippen LogP contribution in [0.2, 0.25) is 0 Å². The molecule has 1 fully saturated rings. The predicted molar refractivity (Wildman–Crippen MR) is 77.3 cm³/mol. The van der Waals surface area contributed by atoms with Gasteiger partial charge in [-0.25, -0.2) is 0 Å². The molecular formula is C14H20N4O3. The van der Waals surface area contributed by atoms with Crippen LogP contribution < -0.4 is 5.73 Å². The third kappa shape index (κ3) is 3.30. The highest BCUT2D eigenvalue weighted by Gasteiger charge is 2.30. The second kappa shape index (κ2) is 6.53. The summed E-state index contributed by atoms with van der Waals surface area (Å²) in [5.74, 6) is -0.156. The lowest BCUT2D eigenvalue weighted by atomic mass is 10.1. The molecule has 2 unspecified atom stereocenters. The molecule has 1 aromatic rings. The van der Waals surface area contributed by atoms with Crippen LogP contribution in [0.25, 0.3) is 0 Å². The topological polar surface area (TPSA) is 101 Å². The molecule has 2 atom stereocenters. The molecule has 1 saturated heterocycles. The first kappa shape index (κ1) is 15.2. The molecule has 21 heavy (non-hydrogen) atoms. The Morgan fingerprint density at radius 3 is 2.95 bits per heavy atom. The summed E-state index contributed by atoms with van der Waals surface area (Å²) >= 11 is 0. The van der Waals surface area contributed by atoms with Gasteiger partial charge in [0, 0.05) is 18.3 Å². The van der Waals surface area contributed by atoms with Gasteiger partial charge < -0.3 is 20.6 Å². The van der Waals surface area contributed by atoms with Crippen LogP contribution in [0.5, 0.6) is 0 Å². The normalized spacial score (nSPS) is 23.1. The zero-order chi connectivity index (χ0) is 15.4. The molecule has 114 valence electrons. The van der Waals surface area contributed by atoms with Gasteiger partial charge in [0.1, 0.15) is 5.69 Å². The maximum Gasteiger partial charge on any atom is 0.272 e. The third-order valence-electron chi connectivity index (χ3n) is 3.59. The molecular weight excluding hydrogens is 272 g/mol. The van der Waals surface area contributed by atoms with E-state index < -0.39 is 0 Å². The van der Waals surface area contributed by atoms with Crippen LogP contribution in [-0.2, 0) is 4.74 Å². The number of pyridine rings is 1. The van der Waals surface area contributed by atoms with E-state index >= 15 is 0 Å². The Morgan fingerprint density at radius 2 is 2.38 bits per heavy atom. The van der Waals surface area contributed by atoms with E-state index in [1.54, 1.807) is 17.0 Å². The van der Waals surface area contributed by atoms with Crippen molar-refractivity contribution in [2.75, 3.05) is 13.2 Å². The van der Waals surface area contributed by atoms with Gasteiger partial charge >= 0.3 is 0 Å². The number of carbonyl (C=O) groups is 1. The first-order valence-corrected chi connectivity index (χ1v) is 6.93. The smallest absolute Gasteiger partial charge is 0.272 e. The molecule has 1 aliphatic rings. The summed E-state index contributed by atoms with van der Waals surface area (Å²) in [6.45, 7) is 5.08. The van der Waals surface area contributed by atoms with Crippen molar-refractivity contribution in [2.24, 2.45) is 10.9 Å². The summed E-state index contributed by atoms with van der Waals surface area (Å²) in [5, 5.41) is 11.5. The van der Waals surface area contributed by atoms with Gasteiger partial charge in [-0.1, -0.05) is 12.1 Å². The van der Waals surface area contributed by atoms with Crippen molar-refractivity contribution in [3.8, 4) is 0 Å². The number of nitrogens with two attached hydrogens (primary N) is 1. The van der Waals surface area contributed by atoms with Gasteiger partial charge in [0.15, 0.2) is 5.84 Å². The zero-order valence-corrected chi connectivity index (χ0v) is 12.2. The number of oxime groups is 1. The SMILES string of the molecule is CCC1COC(C)CN1C(=O)c1ccc(C(N)=NO)cn1. The summed E-state index contributed by atoms with van der Waals surface area (Å²) in [6, 6.07) is 3.27. The fraction of sp³-hybridized carbons (Fsp3) is 0.500. The second-order valence-electron chi connectivity index (χ2n) is 5.08. The number of amidine groups is 1. The molecule has 0 aliphatic carbocycles. The van der Waals surface area contributed by atoms with Gasteiger partial charge in [-0.3, -0.25) is 9.78 Å². The maximum atomic E-state index is 12.6. The molecule has 0 radical (unpaired) electrons. The molecule has 1 aromatic heterocycles. The van der Waals surface area contributed by atoms with Crippen LogP contribution in [-0.4, -0.2) is 52.1 Å². The van der Waals surface area contributed by atoms with Gasteiger partial charge in [0.2, 0.25) is 0 Å². The highest BCUT2D eigenvalue weighted by molar-refractivity contribution is 5.98. The summed E-state index contributed by atoms with van der Waals surface area (Å²) in [7, 11) is 0. The Bertz CT molecular complexity index is 530. The number of aromatic nitrogens is 1. The van der Waals surface area contributed by atoms with Gasteiger partial charge in [-0.2, -0.15) is 0 Å². The number of rotatable bonds is 3. The lowest BCUT2D eigenvalue weighted by Gasteiger charge is -2.38. The van der Waals surface area contributed by atoms with Gasteiger partial charge in [-0.05, 0) is 25.5 Å². The summed E-state index contributed by atoms with van der Waals surface area (Å²) < 4.78 is 5.59. The van der Waals surface area contributed by atoms with Crippen LogP contribution in [0.4, 0.5) is 0 Å². The Morgan fingerprint density at radius 1 is 1.62 bits per heavy atom. The molecule has 1 amide bonds. The van der Waals surface area contributed by atoms with Crippen LogP contribution in [0.3, 0.4) is 0 Å². The van der Waals surface area contributed by atoms with E-state index in [9.17, 15) is 4.79 Å². The number of nitrogens with zero attached hydrogens (tertiary/aromatic N) is 3. The first-order valence-electron chi connectivity index (χ1n) is 6.93. The van der Waals surface area contributed by atoms with E-state index in [2.05, 4.69) is 10.1 Å². The molecule has 0 bridgehead atoms. The number of morpholine rings is 1. The van der Waals surface area contributed by atoms with Crippen molar-refractivity contribution < 1.29 is 14.7 Å². The fourth-order valence-electron chi connectivity index (χ4n) is 2.31. The number of ether oxygens (including phenoxy) is 1. The number of hydrogen-bond acceptors (Lipinski definition) is 5. The zero-order valence-electron chi connectivity index (χ0n) is 12.2. The minimum Gasteiger partial charge on any atom is -0.409 e. The minimum atomic E-state index is -0.122. The Hall–Kier alpha value is -2.15. The quantitative estimate of drug-likeness (QED) is 0.372. The first-order chi connectivity index (χ1) is 10.1. The van der Waals surface area contributed by atoms with Crippen molar-refractivity contribution >= 4 is 11.7 Å². The van der Waals surface area contributed by atoms with Gasteiger partial charge in [-0.15, -0.1) is 0 Å². The van der Waals surface area contributed by atoms with E-state index in [0.29, 0.717) is 24.4 Å². The van der Waals surface area contributed by atoms with Crippen LogP contribution in [0.1, 0.15) is 36.3 Å². The predicted octanol–water partition coefficient (Wildman–Crippen LogP) is 0.816. The molecule has 0 aromatic carbocycles. The van der Waals surface area contributed by atoms with Crippen LogP contribution >= 0.6 is 0 Å². The monoisotopic (exact) mass is 292 g/mol. The Kier molecular flexibility index (Phi) is 4.74. The minimum absolute atomic E-state index is 0.0215. The summed E-state index contributed by atoms with van der Waals surface area (Å²) in [4.78, 5) is 18.5. The number of hydrogen-bond donors (Lipinski definition) is 2. The van der Waals surface area contributed by atoms with Gasteiger partial charge in [0.05, 0.1) is 18.8 Å². The molecule has 0 spiro atoms. The van der Waals surface area contributed by atoms with Crippen molar-refractivity contribution in [1.82, 2.24) is 9.88 Å². The third-order valence-corrected chi connectivity index (χ3v) is 3.59. The van der Waals surface area contributed by atoms with Crippen molar-refractivity contribution in [3.63, 3.8) is 0 Å². The van der Waals surface area contributed by atoms with Crippen molar-refractivity contribution in [3.05, 3.63) is 29.6 Å². The molecule has 0 saturated carbocycles. The van der Waals surface area contributed by atoms with E-state index in [0.717, 1.165) is 6.42 Å². The van der Waals surface area contributed by atoms with Crippen LogP contribution in [0, 0.1) is 0 Å². The fourth-order valence-corrected chi connectivity index (χ4v) is 2.31. The average molecular weight is 292 g/mol. The summed E-state index contributed by atoms with van der Waals surface area (Å²) in [6.07, 6.45) is 2.28. The molecule has 7 heteroatoms. The van der Waals surface area contributed by atoms with E-state index in [4.69, 9.17) is 15.7 Å². The van der Waals surface area contributed by atoms with Gasteiger partial charge in [0.25, 0.3) is 5.91 Å². The van der Waals surface area contributed by atoms with E-state index in [1.807, 2.05) is 13.8 Å². The van der Waals surface area contributed by atoms with Crippen molar-refractivity contribution in [1.29, 1.82) is 0 Å². The molecule has 1 aliphatic heterocycles. The summed E-state index contributed by atoms with van der Waals surface area (Å²) in [5.41, 5.74) is 6.29. The van der Waals surface area contributed by atoms with Crippen LogP contribution in [0.15, 0.2) is 23.5 Å². The highest BCUT2D eigenvalue weighted by Crippen LogP contribution is 2.17. The highest BCUT2D eigenvalue weighted by atomic mass is 16.5. The second-order valence-corrected chi connectivity index (χ2v) is 5.08. The lowest BCUT2D eigenvalue weighted by molar-refractivity contribution is -0.0445. The maximum absolute atomic E-state index is 12.6. The molecule has 2 heterocycles. The molecule has 2 rings (SSSR count). The van der Waals surface area contributed by atoms with E-state index in [-0.39, 0.29) is 23.9 Å². The molecule has 7 nitrogen and oxygen atoms in total. The lowest BCUT2D eigenvalue weighted by Crippen LogP contribution is -2.51. The largest absolute Gasteiger partial charge is 0.409 e. The van der Waals surface area contributed by atoms with Crippen molar-refractivity contribution in [2.45, 2.75) is 32.4 Å². The Balaban J connectivity index is 2.18. The Labute approximate surface area is 123 Å². The molecule has 3 N–H and O–H groups in total. The number of amides is 1.